The first-order chi connectivity index (χ1) is 19.6. The van der Waals surface area contributed by atoms with Crippen molar-refractivity contribution in [2.75, 3.05) is 6.54 Å². The van der Waals surface area contributed by atoms with Crippen molar-refractivity contribution >= 4 is 28.5 Å². The van der Waals surface area contributed by atoms with Crippen LogP contribution in [0.25, 0.3) is 0 Å². The summed E-state index contributed by atoms with van der Waals surface area (Å²) >= 11 is 0. The monoisotopic (exact) mass is 583 g/mol. The van der Waals surface area contributed by atoms with Crippen LogP contribution in [0.15, 0.2) is 101 Å². The van der Waals surface area contributed by atoms with E-state index in [1.807, 2.05) is 19.1 Å². The molecule has 0 spiro atoms. The number of hydrogen-bond donors (Lipinski definition) is 1. The minimum atomic E-state index is -3.63. The Morgan fingerprint density at radius 2 is 1.24 bits per heavy atom. The number of aryl methyl sites for hydroxylation is 1. The molecule has 3 aromatic carbocycles. The van der Waals surface area contributed by atoms with Gasteiger partial charge in [-0.2, -0.15) is 0 Å². The molecular formula is C36H45NO2SSi. The second-order valence-electron chi connectivity index (χ2n) is 14.1. The zero-order valence-corrected chi connectivity index (χ0v) is 26.9. The van der Waals surface area contributed by atoms with E-state index >= 15 is 0 Å². The van der Waals surface area contributed by atoms with Crippen LogP contribution in [0.1, 0.15) is 58.4 Å². The van der Waals surface area contributed by atoms with Crippen molar-refractivity contribution in [3.8, 4) is 0 Å². The molecule has 4 fully saturated rings. The molecule has 1 N–H and O–H groups in total. The van der Waals surface area contributed by atoms with Crippen LogP contribution in [0, 0.1) is 30.6 Å². The van der Waals surface area contributed by atoms with Gasteiger partial charge >= 0.3 is 0 Å². The molecule has 0 atom stereocenters. The molecule has 0 unspecified atom stereocenters. The topological polar surface area (TPSA) is 46.2 Å². The van der Waals surface area contributed by atoms with E-state index in [0.29, 0.717) is 23.3 Å². The molecule has 0 amide bonds. The normalized spacial score (nSPS) is 24.0. The maximum absolute atomic E-state index is 13.6. The Hall–Kier alpha value is -2.47. The van der Waals surface area contributed by atoms with Crippen LogP contribution in [-0.4, -0.2) is 23.0 Å². The Labute approximate surface area is 248 Å². The standard InChI is InChI=1S/C36H45NO2SSi/c1-26-15-17-32(18-16-26)40(38,39)37-24-31(35-29-20-27-19-28(22-29)23-30(35)21-27)25-41(36(2,3)4,33-11-7-5-8-12-33)34-13-9-6-10-14-34/h5-18,27-30,37H,19-25H2,1-4H3. The molecule has 0 aromatic heterocycles. The van der Waals surface area contributed by atoms with Gasteiger partial charge in [-0.15, -0.1) is 0 Å². The number of sulfonamides is 1. The Balaban J connectivity index is 1.48. The van der Waals surface area contributed by atoms with Gasteiger partial charge < -0.3 is 0 Å². The third-order valence-corrected chi connectivity index (χ3v) is 18.1. The summed E-state index contributed by atoms with van der Waals surface area (Å²) in [6.45, 7) is 9.62. The van der Waals surface area contributed by atoms with E-state index in [1.165, 1.54) is 48.1 Å². The van der Waals surface area contributed by atoms with Crippen molar-refractivity contribution < 1.29 is 8.42 Å². The highest BCUT2D eigenvalue weighted by atomic mass is 32.2. The first-order valence-electron chi connectivity index (χ1n) is 15.5. The van der Waals surface area contributed by atoms with Crippen LogP contribution in [0.5, 0.6) is 0 Å². The van der Waals surface area contributed by atoms with E-state index in [0.717, 1.165) is 23.4 Å². The number of benzene rings is 3. The van der Waals surface area contributed by atoms with Crippen molar-refractivity contribution in [3.05, 3.63) is 102 Å². The van der Waals surface area contributed by atoms with Crippen LogP contribution in [0.2, 0.25) is 11.1 Å². The van der Waals surface area contributed by atoms with Crippen LogP contribution < -0.4 is 15.1 Å². The summed E-state index contributed by atoms with van der Waals surface area (Å²) in [5.41, 5.74) is 4.06. The minimum absolute atomic E-state index is 0.0171. The average molecular weight is 584 g/mol. The van der Waals surface area contributed by atoms with Crippen molar-refractivity contribution in [1.29, 1.82) is 0 Å². The molecule has 4 bridgehead atoms. The molecule has 0 saturated heterocycles. The molecule has 41 heavy (non-hydrogen) atoms. The lowest BCUT2D eigenvalue weighted by Gasteiger charge is -2.53. The Morgan fingerprint density at radius 3 is 1.71 bits per heavy atom. The lowest BCUT2D eigenvalue weighted by atomic mass is 9.53. The van der Waals surface area contributed by atoms with Gasteiger partial charge in [0.15, 0.2) is 0 Å². The molecule has 4 aliphatic carbocycles. The van der Waals surface area contributed by atoms with E-state index < -0.39 is 18.1 Å². The molecule has 4 aliphatic rings. The molecule has 216 valence electrons. The third-order valence-electron chi connectivity index (χ3n) is 10.5. The summed E-state index contributed by atoms with van der Waals surface area (Å²) in [5.74, 6) is 2.95. The largest absolute Gasteiger partial charge is 0.240 e. The van der Waals surface area contributed by atoms with Crippen molar-refractivity contribution in [1.82, 2.24) is 4.72 Å². The van der Waals surface area contributed by atoms with Gasteiger partial charge in [0.25, 0.3) is 0 Å². The van der Waals surface area contributed by atoms with Gasteiger partial charge in [0.05, 0.1) is 4.90 Å². The maximum Gasteiger partial charge on any atom is 0.240 e. The Morgan fingerprint density at radius 1 is 0.756 bits per heavy atom. The molecule has 0 heterocycles. The summed E-state index contributed by atoms with van der Waals surface area (Å²) < 4.78 is 30.4. The summed E-state index contributed by atoms with van der Waals surface area (Å²) in [6, 6.07) is 30.5. The molecule has 4 saturated carbocycles. The van der Waals surface area contributed by atoms with Crippen LogP contribution in [0.4, 0.5) is 0 Å². The highest BCUT2D eigenvalue weighted by molar-refractivity contribution is 7.89. The molecule has 5 heteroatoms. The quantitative estimate of drug-likeness (QED) is 0.227. The predicted molar refractivity (Wildman–Crippen MR) is 173 cm³/mol. The minimum Gasteiger partial charge on any atom is -0.207 e. The molecule has 3 nitrogen and oxygen atoms in total. The number of nitrogens with one attached hydrogen (secondary N) is 1. The van der Waals surface area contributed by atoms with E-state index in [9.17, 15) is 8.42 Å². The van der Waals surface area contributed by atoms with Gasteiger partial charge in [-0.05, 0) is 85.9 Å². The van der Waals surface area contributed by atoms with E-state index in [4.69, 9.17) is 0 Å². The van der Waals surface area contributed by atoms with Gasteiger partial charge in [-0.1, -0.05) is 121 Å². The number of hydrogen-bond acceptors (Lipinski definition) is 2. The molecule has 3 aromatic rings. The maximum atomic E-state index is 13.6. The third kappa shape index (κ3) is 5.41. The summed E-state index contributed by atoms with van der Waals surface area (Å²) in [6.07, 6.45) is 6.56. The fourth-order valence-corrected chi connectivity index (χ4v) is 15.3. The highest BCUT2D eigenvalue weighted by Crippen LogP contribution is 2.58. The van der Waals surface area contributed by atoms with Gasteiger partial charge in [0, 0.05) is 6.54 Å². The fourth-order valence-electron chi connectivity index (χ4n) is 8.79. The zero-order valence-electron chi connectivity index (χ0n) is 25.1. The van der Waals surface area contributed by atoms with Crippen LogP contribution in [0.3, 0.4) is 0 Å². The first-order valence-corrected chi connectivity index (χ1v) is 19.1. The van der Waals surface area contributed by atoms with Crippen molar-refractivity contribution in [2.45, 2.75) is 75.8 Å². The lowest BCUT2D eigenvalue weighted by Crippen LogP contribution is -2.64. The van der Waals surface area contributed by atoms with E-state index in [1.54, 1.807) is 17.7 Å². The number of allylic oxidation sites excluding steroid dienone is 1. The smallest absolute Gasteiger partial charge is 0.207 e. The van der Waals surface area contributed by atoms with E-state index in [-0.39, 0.29) is 5.04 Å². The number of rotatable bonds is 8. The van der Waals surface area contributed by atoms with Gasteiger partial charge in [0.2, 0.25) is 10.0 Å². The Kier molecular flexibility index (Phi) is 7.67. The fraction of sp³-hybridized carbons (Fsp3) is 0.444. The summed E-state index contributed by atoms with van der Waals surface area (Å²) in [4.78, 5) is 0.350. The second-order valence-corrected chi connectivity index (χ2v) is 20.7. The summed E-state index contributed by atoms with van der Waals surface area (Å²) in [5, 5.41) is 2.88. The SMILES string of the molecule is Cc1ccc(S(=O)(=O)NCC(C[Si](c2ccccc2)(c2ccccc2)C(C)(C)C)=C2C3CC4CC(C3)CC2C4)cc1. The zero-order chi connectivity index (χ0) is 28.8. The van der Waals surface area contributed by atoms with Crippen LogP contribution >= 0.6 is 0 Å². The van der Waals surface area contributed by atoms with Gasteiger partial charge in [-0.25, -0.2) is 13.1 Å². The van der Waals surface area contributed by atoms with E-state index in [2.05, 4.69) is 86.2 Å². The molecular weight excluding hydrogens is 539 g/mol. The van der Waals surface area contributed by atoms with Crippen molar-refractivity contribution in [3.63, 3.8) is 0 Å². The predicted octanol–water partition coefficient (Wildman–Crippen LogP) is 7.09. The Bertz CT molecular complexity index is 1440. The van der Waals surface area contributed by atoms with Gasteiger partial charge in [-0.3, -0.25) is 0 Å². The first kappa shape index (κ1) is 28.6. The highest BCUT2D eigenvalue weighted by Gasteiger charge is 2.51. The molecule has 7 rings (SSSR count). The van der Waals surface area contributed by atoms with Crippen molar-refractivity contribution in [2.24, 2.45) is 23.7 Å². The summed E-state index contributed by atoms with van der Waals surface area (Å²) in [7, 11) is -6.05. The van der Waals surface area contributed by atoms with Gasteiger partial charge in [0.1, 0.15) is 8.07 Å². The molecule has 0 aliphatic heterocycles. The molecule has 0 radical (unpaired) electrons. The second kappa shape index (κ2) is 11.0. The average Bonchev–Trinajstić information content (AvgIpc) is 2.94. The van der Waals surface area contributed by atoms with Crippen LogP contribution in [-0.2, 0) is 10.0 Å². The lowest BCUT2D eigenvalue weighted by molar-refractivity contribution is 0.0682.